The predicted octanol–water partition coefficient (Wildman–Crippen LogP) is 4.22. The molecule has 0 amide bonds. The topological polar surface area (TPSA) is 43.6 Å². The van der Waals surface area contributed by atoms with Crippen LogP contribution in [0.25, 0.3) is 16.9 Å². The Balaban J connectivity index is 2.25. The molecule has 4 nitrogen and oxygen atoms in total. The van der Waals surface area contributed by atoms with Crippen LogP contribution in [0.15, 0.2) is 41.1 Å². The average molecular weight is 381 g/mol. The maximum absolute atomic E-state index is 13.5. The largest absolute Gasteiger partial charge is 0.462 e. The van der Waals surface area contributed by atoms with E-state index in [1.807, 2.05) is 0 Å². The van der Waals surface area contributed by atoms with E-state index in [0.717, 1.165) is 6.07 Å². The van der Waals surface area contributed by atoms with E-state index in [1.54, 1.807) is 29.7 Å². The molecule has 0 saturated carbocycles. The molecule has 0 aliphatic heterocycles. The van der Waals surface area contributed by atoms with Crippen LogP contribution in [0, 0.1) is 11.6 Å². The molecule has 3 rings (SSSR count). The Morgan fingerprint density at radius 1 is 1.30 bits per heavy atom. The van der Waals surface area contributed by atoms with E-state index in [9.17, 15) is 13.6 Å². The minimum absolute atomic E-state index is 0.244. The lowest BCUT2D eigenvalue weighted by molar-refractivity contribution is 0.0528. The summed E-state index contributed by atoms with van der Waals surface area (Å²) in [6.07, 6.45) is 1.66. The molecule has 0 atom stereocenters. The van der Waals surface area contributed by atoms with Gasteiger partial charge in [-0.25, -0.2) is 18.6 Å². The van der Waals surface area contributed by atoms with Crippen molar-refractivity contribution < 1.29 is 18.3 Å². The summed E-state index contributed by atoms with van der Waals surface area (Å²) in [5.41, 5.74) is 1.06. The summed E-state index contributed by atoms with van der Waals surface area (Å²) < 4.78 is 33.9. The molecule has 0 unspecified atom stereocenters. The summed E-state index contributed by atoms with van der Waals surface area (Å²) in [4.78, 5) is 16.3. The average Bonchev–Trinajstić information content (AvgIpc) is 2.84. The van der Waals surface area contributed by atoms with Crippen molar-refractivity contribution in [3.05, 3.63) is 58.3 Å². The fraction of sp³-hybridized carbons (Fsp3) is 0.125. The maximum atomic E-state index is 13.5. The number of pyridine rings is 1. The highest BCUT2D eigenvalue weighted by atomic mass is 79.9. The number of ether oxygens (including phenoxy) is 1. The van der Waals surface area contributed by atoms with Gasteiger partial charge < -0.3 is 4.74 Å². The van der Waals surface area contributed by atoms with Gasteiger partial charge >= 0.3 is 5.97 Å². The van der Waals surface area contributed by atoms with E-state index in [4.69, 9.17) is 4.74 Å². The minimum atomic E-state index is -0.700. The molecule has 0 aliphatic rings. The van der Waals surface area contributed by atoms with Crippen LogP contribution in [0.1, 0.15) is 17.3 Å². The fourth-order valence-corrected chi connectivity index (χ4v) is 2.93. The van der Waals surface area contributed by atoms with Crippen LogP contribution in [0.5, 0.6) is 0 Å². The van der Waals surface area contributed by atoms with Crippen molar-refractivity contribution in [3.63, 3.8) is 0 Å². The van der Waals surface area contributed by atoms with Gasteiger partial charge in [-0.05, 0) is 47.1 Å². The van der Waals surface area contributed by atoms with Crippen molar-refractivity contribution in [2.75, 3.05) is 6.61 Å². The second-order valence-electron chi connectivity index (χ2n) is 4.75. The number of rotatable bonds is 3. The van der Waals surface area contributed by atoms with Gasteiger partial charge in [-0.15, -0.1) is 0 Å². The molecule has 0 fully saturated rings. The third kappa shape index (κ3) is 2.84. The fourth-order valence-electron chi connectivity index (χ4n) is 2.36. The Morgan fingerprint density at radius 2 is 2.00 bits per heavy atom. The van der Waals surface area contributed by atoms with Crippen LogP contribution >= 0.6 is 15.9 Å². The first kappa shape index (κ1) is 15.6. The summed E-state index contributed by atoms with van der Waals surface area (Å²) in [5, 5.41) is 0. The highest BCUT2D eigenvalue weighted by Gasteiger charge is 2.19. The monoisotopic (exact) mass is 380 g/mol. The van der Waals surface area contributed by atoms with Gasteiger partial charge in [-0.2, -0.15) is 0 Å². The molecule has 3 aromatic rings. The van der Waals surface area contributed by atoms with Crippen molar-refractivity contribution >= 4 is 27.4 Å². The first-order valence-electron chi connectivity index (χ1n) is 6.81. The number of hydrogen-bond donors (Lipinski definition) is 0. The number of nitrogens with zero attached hydrogens (tertiary/aromatic N) is 2. The van der Waals surface area contributed by atoms with Crippen LogP contribution in [-0.2, 0) is 4.74 Å². The lowest BCUT2D eigenvalue weighted by Crippen LogP contribution is -2.06. The van der Waals surface area contributed by atoms with Gasteiger partial charge in [0.1, 0.15) is 22.1 Å². The minimum Gasteiger partial charge on any atom is -0.462 e. The Labute approximate surface area is 138 Å². The van der Waals surface area contributed by atoms with Gasteiger partial charge in [0.25, 0.3) is 0 Å². The zero-order valence-electron chi connectivity index (χ0n) is 12.0. The second-order valence-corrected chi connectivity index (χ2v) is 5.50. The number of aromatic nitrogens is 2. The third-order valence-corrected chi connectivity index (χ3v) is 3.79. The summed E-state index contributed by atoms with van der Waals surface area (Å²) in [7, 11) is 0. The van der Waals surface area contributed by atoms with Crippen molar-refractivity contribution in [1.82, 2.24) is 9.38 Å². The molecule has 2 heterocycles. The van der Waals surface area contributed by atoms with Crippen LogP contribution in [0.4, 0.5) is 8.78 Å². The number of imidazole rings is 1. The van der Waals surface area contributed by atoms with Crippen LogP contribution < -0.4 is 0 Å². The van der Waals surface area contributed by atoms with E-state index in [1.165, 1.54) is 12.1 Å². The molecule has 0 bridgehead atoms. The maximum Gasteiger partial charge on any atom is 0.340 e. The summed E-state index contributed by atoms with van der Waals surface area (Å²) in [6, 6.07) is 6.41. The number of halogens is 3. The molecule has 118 valence electrons. The number of hydrogen-bond acceptors (Lipinski definition) is 3. The SMILES string of the molecule is CCOC(=O)c1cccn2c(-c3cc(F)cc(F)c3)nc(Br)c12. The first-order chi connectivity index (χ1) is 11.0. The molecule has 2 aromatic heterocycles. The Hall–Kier alpha value is -2.28. The number of carbonyl (C=O) groups is 1. The summed E-state index contributed by atoms with van der Waals surface area (Å²) in [6.45, 7) is 1.96. The van der Waals surface area contributed by atoms with Gasteiger partial charge in [0, 0.05) is 17.8 Å². The van der Waals surface area contributed by atoms with Crippen molar-refractivity contribution in [2.45, 2.75) is 6.92 Å². The van der Waals surface area contributed by atoms with Gasteiger partial charge in [0.15, 0.2) is 0 Å². The van der Waals surface area contributed by atoms with Crippen LogP contribution in [0.3, 0.4) is 0 Å². The number of benzene rings is 1. The van der Waals surface area contributed by atoms with Crippen molar-refractivity contribution in [2.24, 2.45) is 0 Å². The normalized spacial score (nSPS) is 11.0. The Bertz CT molecular complexity index is 888. The highest BCUT2D eigenvalue weighted by molar-refractivity contribution is 9.10. The zero-order valence-corrected chi connectivity index (χ0v) is 13.6. The summed E-state index contributed by atoms with van der Waals surface area (Å²) >= 11 is 3.30. The number of carbonyl (C=O) groups excluding carboxylic acids is 1. The highest BCUT2D eigenvalue weighted by Crippen LogP contribution is 2.29. The predicted molar refractivity (Wildman–Crippen MR) is 84.2 cm³/mol. The molecule has 0 saturated heterocycles. The smallest absolute Gasteiger partial charge is 0.340 e. The molecule has 0 spiro atoms. The van der Waals surface area contributed by atoms with E-state index < -0.39 is 17.6 Å². The third-order valence-electron chi connectivity index (χ3n) is 3.24. The van der Waals surface area contributed by atoms with Crippen LogP contribution in [-0.4, -0.2) is 22.0 Å². The summed E-state index contributed by atoms with van der Waals surface area (Å²) in [5.74, 6) is -1.57. The van der Waals surface area contributed by atoms with Crippen LogP contribution in [0.2, 0.25) is 0 Å². The van der Waals surface area contributed by atoms with Crippen molar-refractivity contribution in [3.8, 4) is 11.4 Å². The van der Waals surface area contributed by atoms with E-state index in [2.05, 4.69) is 20.9 Å². The van der Waals surface area contributed by atoms with Crippen molar-refractivity contribution in [1.29, 1.82) is 0 Å². The molecular weight excluding hydrogens is 370 g/mol. The Morgan fingerprint density at radius 3 is 2.65 bits per heavy atom. The standard InChI is InChI=1S/C16H11BrF2N2O2/c1-2-23-16(22)12-4-3-5-21-13(12)14(17)20-15(21)9-6-10(18)8-11(19)7-9/h3-8H,2H2,1H3. The molecule has 1 aromatic carbocycles. The Kier molecular flexibility index (Phi) is 4.12. The zero-order chi connectivity index (χ0) is 16.6. The lowest BCUT2D eigenvalue weighted by atomic mass is 10.2. The second kappa shape index (κ2) is 6.08. The van der Waals surface area contributed by atoms with E-state index >= 15 is 0 Å². The van der Waals surface area contributed by atoms with E-state index in [-0.39, 0.29) is 12.2 Å². The number of fused-ring (bicyclic) bond motifs is 1. The van der Waals surface area contributed by atoms with Gasteiger partial charge in [0.2, 0.25) is 0 Å². The lowest BCUT2D eigenvalue weighted by Gasteiger charge is -2.06. The molecule has 0 N–H and O–H groups in total. The molecule has 23 heavy (non-hydrogen) atoms. The number of esters is 1. The van der Waals surface area contributed by atoms with Gasteiger partial charge in [0.05, 0.1) is 17.7 Å². The van der Waals surface area contributed by atoms with E-state index in [0.29, 0.717) is 21.5 Å². The van der Waals surface area contributed by atoms with Gasteiger partial charge in [-0.3, -0.25) is 4.40 Å². The molecule has 0 radical (unpaired) electrons. The molecular formula is C16H11BrF2N2O2. The van der Waals surface area contributed by atoms with Gasteiger partial charge in [-0.1, -0.05) is 0 Å². The quantitative estimate of drug-likeness (QED) is 0.639. The molecule has 7 heteroatoms. The first-order valence-corrected chi connectivity index (χ1v) is 7.60. The molecule has 0 aliphatic carbocycles.